The van der Waals surface area contributed by atoms with Gasteiger partial charge in [-0.05, 0) is 55.2 Å². The average Bonchev–Trinajstić information content (AvgIpc) is 3.25. The Balaban J connectivity index is 1.70. The lowest BCUT2D eigenvalue weighted by molar-refractivity contribution is 0.303. The zero-order valence-corrected chi connectivity index (χ0v) is 14.5. The average molecular weight is 335 g/mol. The molecule has 2 aromatic carbocycles. The Kier molecular flexibility index (Phi) is 4.01. The molecular formula is C20H21N3O2. The number of aryl methyl sites for hydroxylation is 2. The number of aliphatic hydroxyl groups is 1. The lowest BCUT2D eigenvalue weighted by Crippen LogP contribution is -2.23. The minimum Gasteiger partial charge on any atom is -0.395 e. The van der Waals surface area contributed by atoms with Crippen molar-refractivity contribution >= 4 is 5.69 Å². The van der Waals surface area contributed by atoms with Crippen molar-refractivity contribution < 1.29 is 9.63 Å². The Labute approximate surface area is 146 Å². The summed E-state index contributed by atoms with van der Waals surface area (Å²) in [7, 11) is 0. The number of β-amino-alcohol motifs (C(OH)–C–C–N with tert-alkyl or cyclic N) is 1. The van der Waals surface area contributed by atoms with Crippen LogP contribution in [0, 0.1) is 13.8 Å². The van der Waals surface area contributed by atoms with E-state index in [1.807, 2.05) is 18.2 Å². The lowest BCUT2D eigenvalue weighted by atomic mass is 10.0. The number of anilines is 1. The molecule has 3 aromatic rings. The van der Waals surface area contributed by atoms with E-state index in [0.717, 1.165) is 29.8 Å². The molecule has 0 saturated carbocycles. The number of aromatic nitrogens is 2. The summed E-state index contributed by atoms with van der Waals surface area (Å²) < 4.78 is 5.52. The third kappa shape index (κ3) is 2.81. The van der Waals surface area contributed by atoms with Crippen LogP contribution in [0.15, 0.2) is 40.9 Å². The van der Waals surface area contributed by atoms with Gasteiger partial charge in [-0.15, -0.1) is 0 Å². The Morgan fingerprint density at radius 1 is 1.16 bits per heavy atom. The van der Waals surface area contributed by atoms with E-state index >= 15 is 0 Å². The van der Waals surface area contributed by atoms with Crippen molar-refractivity contribution in [2.45, 2.75) is 20.3 Å². The summed E-state index contributed by atoms with van der Waals surface area (Å²) in [6.45, 7) is 5.88. The second-order valence-corrected chi connectivity index (χ2v) is 6.49. The van der Waals surface area contributed by atoms with Crippen molar-refractivity contribution in [1.82, 2.24) is 10.1 Å². The van der Waals surface area contributed by atoms with Crippen LogP contribution in [0.5, 0.6) is 0 Å². The predicted octanol–water partition coefficient (Wildman–Crippen LogP) is 3.38. The number of aliphatic hydroxyl groups excluding tert-OH is 1. The molecule has 1 aliphatic heterocycles. The van der Waals surface area contributed by atoms with Crippen LogP contribution in [0.2, 0.25) is 0 Å². The van der Waals surface area contributed by atoms with Crippen LogP contribution in [0.1, 0.15) is 16.7 Å². The molecule has 4 rings (SSSR count). The van der Waals surface area contributed by atoms with Crippen LogP contribution in [-0.2, 0) is 6.42 Å². The summed E-state index contributed by atoms with van der Waals surface area (Å²) in [6, 6.07) is 12.3. The Hall–Kier alpha value is -2.66. The first kappa shape index (κ1) is 15.8. The number of fused-ring (bicyclic) bond motifs is 1. The lowest BCUT2D eigenvalue weighted by Gasteiger charge is -2.17. The third-order valence-electron chi connectivity index (χ3n) is 4.91. The Bertz CT molecular complexity index is 917. The summed E-state index contributed by atoms with van der Waals surface area (Å²) in [5.41, 5.74) is 6.78. The third-order valence-corrected chi connectivity index (χ3v) is 4.91. The van der Waals surface area contributed by atoms with Gasteiger partial charge in [-0.25, -0.2) is 0 Å². The molecule has 0 radical (unpaired) electrons. The summed E-state index contributed by atoms with van der Waals surface area (Å²) in [5.74, 6) is 1.16. The van der Waals surface area contributed by atoms with Gasteiger partial charge < -0.3 is 14.5 Å². The van der Waals surface area contributed by atoms with Gasteiger partial charge in [-0.3, -0.25) is 0 Å². The van der Waals surface area contributed by atoms with Gasteiger partial charge in [0, 0.05) is 29.9 Å². The van der Waals surface area contributed by atoms with Crippen molar-refractivity contribution in [3.63, 3.8) is 0 Å². The van der Waals surface area contributed by atoms with Crippen molar-refractivity contribution in [2.24, 2.45) is 0 Å². The number of benzene rings is 2. The molecule has 0 spiro atoms. The SMILES string of the molecule is Cc1ccc(-c2nc(-c3cccc4c3CCN4CCO)no2)cc1C. The van der Waals surface area contributed by atoms with Crippen LogP contribution < -0.4 is 4.90 Å². The van der Waals surface area contributed by atoms with Crippen LogP contribution in [0.25, 0.3) is 22.8 Å². The van der Waals surface area contributed by atoms with Gasteiger partial charge in [0.2, 0.25) is 5.82 Å². The molecule has 128 valence electrons. The molecule has 0 saturated heterocycles. The highest BCUT2D eigenvalue weighted by molar-refractivity contribution is 5.73. The van der Waals surface area contributed by atoms with Crippen LogP contribution in [-0.4, -0.2) is 34.9 Å². The quantitative estimate of drug-likeness (QED) is 0.792. The van der Waals surface area contributed by atoms with Gasteiger partial charge in [-0.2, -0.15) is 4.98 Å². The molecule has 0 aliphatic carbocycles. The minimum atomic E-state index is 0.156. The van der Waals surface area contributed by atoms with Crippen molar-refractivity contribution in [3.05, 3.63) is 53.1 Å². The number of nitrogens with zero attached hydrogens (tertiary/aromatic N) is 3. The number of hydrogen-bond donors (Lipinski definition) is 1. The summed E-state index contributed by atoms with van der Waals surface area (Å²) in [4.78, 5) is 6.82. The van der Waals surface area contributed by atoms with Gasteiger partial charge in [0.25, 0.3) is 5.89 Å². The molecule has 25 heavy (non-hydrogen) atoms. The molecule has 0 atom stereocenters. The van der Waals surface area contributed by atoms with Crippen molar-refractivity contribution in [3.8, 4) is 22.8 Å². The highest BCUT2D eigenvalue weighted by Gasteiger charge is 2.23. The van der Waals surface area contributed by atoms with Gasteiger partial charge in [-0.1, -0.05) is 23.4 Å². The molecule has 1 N–H and O–H groups in total. The van der Waals surface area contributed by atoms with E-state index < -0.39 is 0 Å². The molecule has 5 nitrogen and oxygen atoms in total. The molecule has 2 heterocycles. The van der Waals surface area contributed by atoms with Crippen LogP contribution in [0.4, 0.5) is 5.69 Å². The van der Waals surface area contributed by atoms with E-state index in [2.05, 4.69) is 47.1 Å². The molecule has 1 aromatic heterocycles. The van der Waals surface area contributed by atoms with Gasteiger partial charge in [0.15, 0.2) is 0 Å². The van der Waals surface area contributed by atoms with Gasteiger partial charge in [0.05, 0.1) is 6.61 Å². The first-order valence-corrected chi connectivity index (χ1v) is 8.57. The summed E-state index contributed by atoms with van der Waals surface area (Å²) >= 11 is 0. The second-order valence-electron chi connectivity index (χ2n) is 6.49. The topological polar surface area (TPSA) is 62.4 Å². The van der Waals surface area contributed by atoms with Crippen LogP contribution in [0.3, 0.4) is 0 Å². The normalized spacial score (nSPS) is 13.3. The predicted molar refractivity (Wildman–Crippen MR) is 97.6 cm³/mol. The Morgan fingerprint density at radius 2 is 2.04 bits per heavy atom. The van der Waals surface area contributed by atoms with E-state index in [1.165, 1.54) is 16.7 Å². The molecule has 0 amide bonds. The maximum Gasteiger partial charge on any atom is 0.258 e. The van der Waals surface area contributed by atoms with E-state index in [0.29, 0.717) is 18.3 Å². The fourth-order valence-electron chi connectivity index (χ4n) is 3.39. The molecule has 1 aliphatic rings. The maximum absolute atomic E-state index is 9.23. The standard InChI is InChI=1S/C20H21N3O2/c1-13-6-7-15(12-14(13)2)20-21-19(22-25-20)17-4-3-5-18-16(17)8-9-23(18)10-11-24/h3-7,12,24H,8-11H2,1-2H3. The minimum absolute atomic E-state index is 0.156. The molecule has 5 heteroatoms. The number of rotatable bonds is 4. The van der Waals surface area contributed by atoms with Gasteiger partial charge in [0.1, 0.15) is 0 Å². The summed E-state index contributed by atoms with van der Waals surface area (Å²) in [6.07, 6.45) is 0.930. The van der Waals surface area contributed by atoms with E-state index in [4.69, 9.17) is 4.52 Å². The first-order valence-electron chi connectivity index (χ1n) is 8.57. The molecule has 0 unspecified atom stereocenters. The first-order chi connectivity index (χ1) is 12.2. The summed E-state index contributed by atoms with van der Waals surface area (Å²) in [5, 5.41) is 13.4. The van der Waals surface area contributed by atoms with Crippen molar-refractivity contribution in [1.29, 1.82) is 0 Å². The highest BCUT2D eigenvalue weighted by atomic mass is 16.5. The zero-order chi connectivity index (χ0) is 17.4. The van der Waals surface area contributed by atoms with E-state index in [1.54, 1.807) is 0 Å². The highest BCUT2D eigenvalue weighted by Crippen LogP contribution is 2.35. The number of hydrogen-bond acceptors (Lipinski definition) is 5. The monoisotopic (exact) mass is 335 g/mol. The molecule has 0 fully saturated rings. The van der Waals surface area contributed by atoms with E-state index in [-0.39, 0.29) is 6.61 Å². The smallest absolute Gasteiger partial charge is 0.258 e. The van der Waals surface area contributed by atoms with Crippen molar-refractivity contribution in [2.75, 3.05) is 24.6 Å². The largest absolute Gasteiger partial charge is 0.395 e. The fourth-order valence-corrected chi connectivity index (χ4v) is 3.39. The van der Waals surface area contributed by atoms with E-state index in [9.17, 15) is 5.11 Å². The Morgan fingerprint density at radius 3 is 2.84 bits per heavy atom. The molecule has 0 bridgehead atoms. The maximum atomic E-state index is 9.23. The zero-order valence-electron chi connectivity index (χ0n) is 14.5. The van der Waals surface area contributed by atoms with Crippen LogP contribution >= 0.6 is 0 Å². The van der Waals surface area contributed by atoms with Gasteiger partial charge >= 0.3 is 0 Å². The second kappa shape index (κ2) is 6.33. The fraction of sp³-hybridized carbons (Fsp3) is 0.300. The molecular weight excluding hydrogens is 314 g/mol.